The molecule has 1 N–H and O–H groups in total. The van der Waals surface area contributed by atoms with Crippen molar-refractivity contribution in [3.63, 3.8) is 0 Å². The van der Waals surface area contributed by atoms with Crippen molar-refractivity contribution in [1.82, 2.24) is 25.0 Å². The van der Waals surface area contributed by atoms with Gasteiger partial charge in [0.1, 0.15) is 0 Å². The van der Waals surface area contributed by atoms with Crippen LogP contribution in [0.1, 0.15) is 29.9 Å². The van der Waals surface area contributed by atoms with Gasteiger partial charge in [0.2, 0.25) is 0 Å². The summed E-state index contributed by atoms with van der Waals surface area (Å²) in [6.45, 7) is 7.58. The molecule has 3 rings (SSSR count). The summed E-state index contributed by atoms with van der Waals surface area (Å²) in [7, 11) is 1.85. The Morgan fingerprint density at radius 3 is 2.67 bits per heavy atom. The van der Waals surface area contributed by atoms with Crippen molar-refractivity contribution < 1.29 is 4.79 Å². The van der Waals surface area contributed by atoms with Gasteiger partial charge in [-0.1, -0.05) is 0 Å². The monoisotopic (exact) mass is 287 g/mol. The largest absolute Gasteiger partial charge is 0.336 e. The van der Waals surface area contributed by atoms with Crippen molar-refractivity contribution in [3.8, 4) is 0 Å². The smallest absolute Gasteiger partial charge is 0.254 e. The molecule has 2 aromatic heterocycles. The zero-order chi connectivity index (χ0) is 15.1. The number of amides is 1. The fraction of sp³-hybridized carbons (Fsp3) is 0.533. The highest BCUT2D eigenvalue weighted by Gasteiger charge is 2.27. The van der Waals surface area contributed by atoms with E-state index in [1.807, 2.05) is 24.9 Å². The van der Waals surface area contributed by atoms with E-state index in [0.717, 1.165) is 29.8 Å². The fourth-order valence-electron chi connectivity index (χ4n) is 3.08. The highest BCUT2D eigenvalue weighted by atomic mass is 16.2. The summed E-state index contributed by atoms with van der Waals surface area (Å²) in [5.41, 5.74) is 2.30. The van der Waals surface area contributed by atoms with Gasteiger partial charge in [-0.3, -0.25) is 9.48 Å². The Hall–Kier alpha value is -1.95. The van der Waals surface area contributed by atoms with Crippen LogP contribution in [0.5, 0.6) is 0 Å². The molecule has 2 unspecified atom stereocenters. The van der Waals surface area contributed by atoms with Crippen molar-refractivity contribution in [1.29, 1.82) is 0 Å². The molecule has 0 spiro atoms. The number of hydrogen-bond donors (Lipinski definition) is 1. The summed E-state index contributed by atoms with van der Waals surface area (Å²) in [5, 5.41) is 8.50. The number of piperazine rings is 1. The third kappa shape index (κ3) is 2.51. The van der Waals surface area contributed by atoms with Gasteiger partial charge < -0.3 is 10.2 Å². The van der Waals surface area contributed by atoms with Crippen LogP contribution in [0, 0.1) is 6.92 Å². The molecule has 1 aliphatic heterocycles. The molecule has 0 aromatic carbocycles. The summed E-state index contributed by atoms with van der Waals surface area (Å²) < 4.78 is 1.71. The van der Waals surface area contributed by atoms with Crippen LogP contribution in [-0.4, -0.2) is 50.7 Å². The molecule has 21 heavy (non-hydrogen) atoms. The Morgan fingerprint density at radius 2 is 2.00 bits per heavy atom. The first-order valence-electron chi connectivity index (χ1n) is 7.30. The summed E-state index contributed by atoms with van der Waals surface area (Å²) in [6.07, 6.45) is 1.73. The number of carbonyl (C=O) groups excluding carboxylic acids is 1. The molecule has 0 aliphatic carbocycles. The van der Waals surface area contributed by atoms with E-state index < -0.39 is 0 Å². The first kappa shape index (κ1) is 14.0. The van der Waals surface area contributed by atoms with Gasteiger partial charge in [0.15, 0.2) is 5.65 Å². The predicted octanol–water partition coefficient (Wildman–Crippen LogP) is 1.10. The van der Waals surface area contributed by atoms with E-state index in [-0.39, 0.29) is 5.91 Å². The SMILES string of the molecule is Cc1cc(C(=O)N2CC(C)NC(C)C2)c2cnn(C)c2n1. The number of nitrogens with one attached hydrogen (secondary N) is 1. The van der Waals surface area contributed by atoms with Gasteiger partial charge >= 0.3 is 0 Å². The lowest BCUT2D eigenvalue weighted by atomic mass is 10.1. The average molecular weight is 287 g/mol. The number of aryl methyl sites for hydroxylation is 2. The molecule has 2 aromatic rings. The summed E-state index contributed by atoms with van der Waals surface area (Å²) in [5.74, 6) is 0.0682. The van der Waals surface area contributed by atoms with Crippen LogP contribution < -0.4 is 5.32 Å². The molecule has 1 saturated heterocycles. The maximum atomic E-state index is 12.9. The second-order valence-corrected chi connectivity index (χ2v) is 6.00. The second-order valence-electron chi connectivity index (χ2n) is 6.00. The number of hydrogen-bond acceptors (Lipinski definition) is 4. The molecule has 6 heteroatoms. The predicted molar refractivity (Wildman–Crippen MR) is 81.2 cm³/mol. The van der Waals surface area contributed by atoms with Crippen LogP contribution in [-0.2, 0) is 7.05 Å². The minimum atomic E-state index is 0.0682. The Labute approximate surface area is 124 Å². The van der Waals surface area contributed by atoms with Crippen molar-refractivity contribution in [2.45, 2.75) is 32.9 Å². The number of nitrogens with zero attached hydrogens (tertiary/aromatic N) is 4. The highest BCUT2D eigenvalue weighted by molar-refractivity contribution is 6.05. The molecule has 0 radical (unpaired) electrons. The van der Waals surface area contributed by atoms with E-state index in [4.69, 9.17) is 0 Å². The molecule has 1 aliphatic rings. The zero-order valence-corrected chi connectivity index (χ0v) is 12.9. The Kier molecular flexibility index (Phi) is 3.41. The van der Waals surface area contributed by atoms with Crippen LogP contribution in [0.4, 0.5) is 0 Å². The van der Waals surface area contributed by atoms with Gasteiger partial charge in [-0.05, 0) is 26.8 Å². The second kappa shape index (κ2) is 5.11. The average Bonchev–Trinajstić information content (AvgIpc) is 2.78. The van der Waals surface area contributed by atoms with Crippen LogP contribution in [0.25, 0.3) is 11.0 Å². The van der Waals surface area contributed by atoms with E-state index in [2.05, 4.69) is 29.2 Å². The van der Waals surface area contributed by atoms with E-state index in [9.17, 15) is 4.79 Å². The van der Waals surface area contributed by atoms with Gasteiger partial charge in [0.25, 0.3) is 5.91 Å². The minimum Gasteiger partial charge on any atom is -0.336 e. The number of fused-ring (bicyclic) bond motifs is 1. The minimum absolute atomic E-state index is 0.0682. The molecule has 2 atom stereocenters. The Morgan fingerprint density at radius 1 is 1.33 bits per heavy atom. The molecular formula is C15H21N5O. The molecule has 1 fully saturated rings. The lowest BCUT2D eigenvalue weighted by molar-refractivity contribution is 0.0675. The van der Waals surface area contributed by atoms with Gasteiger partial charge in [-0.15, -0.1) is 0 Å². The van der Waals surface area contributed by atoms with Crippen molar-refractivity contribution in [3.05, 3.63) is 23.5 Å². The van der Waals surface area contributed by atoms with Crippen LogP contribution in [0.3, 0.4) is 0 Å². The topological polar surface area (TPSA) is 63.1 Å². The number of carbonyl (C=O) groups is 1. The maximum absolute atomic E-state index is 12.9. The van der Waals surface area contributed by atoms with Crippen molar-refractivity contribution >= 4 is 16.9 Å². The first-order valence-corrected chi connectivity index (χ1v) is 7.30. The summed E-state index contributed by atoms with van der Waals surface area (Å²) in [6, 6.07) is 2.49. The third-order valence-corrected chi connectivity index (χ3v) is 3.91. The number of pyridine rings is 1. The molecule has 6 nitrogen and oxygen atoms in total. The van der Waals surface area contributed by atoms with Crippen LogP contribution >= 0.6 is 0 Å². The molecule has 1 amide bonds. The highest BCUT2D eigenvalue weighted by Crippen LogP contribution is 2.20. The molecular weight excluding hydrogens is 266 g/mol. The van der Waals surface area contributed by atoms with Crippen molar-refractivity contribution in [2.24, 2.45) is 7.05 Å². The Balaban J connectivity index is 2.01. The van der Waals surface area contributed by atoms with E-state index in [1.165, 1.54) is 0 Å². The lowest BCUT2D eigenvalue weighted by Crippen LogP contribution is -2.55. The van der Waals surface area contributed by atoms with Crippen LogP contribution in [0.15, 0.2) is 12.3 Å². The molecule has 3 heterocycles. The van der Waals surface area contributed by atoms with Gasteiger partial charge in [0.05, 0.1) is 17.1 Å². The van der Waals surface area contributed by atoms with E-state index >= 15 is 0 Å². The van der Waals surface area contributed by atoms with Gasteiger partial charge in [0, 0.05) is 37.9 Å². The van der Waals surface area contributed by atoms with Crippen molar-refractivity contribution in [2.75, 3.05) is 13.1 Å². The van der Waals surface area contributed by atoms with Gasteiger partial charge in [-0.25, -0.2) is 4.98 Å². The van der Waals surface area contributed by atoms with E-state index in [1.54, 1.807) is 10.9 Å². The fourth-order valence-corrected chi connectivity index (χ4v) is 3.08. The quantitative estimate of drug-likeness (QED) is 0.853. The first-order chi connectivity index (χ1) is 9.95. The molecule has 0 bridgehead atoms. The third-order valence-electron chi connectivity index (χ3n) is 3.91. The standard InChI is InChI=1S/C15H21N5O/c1-9-5-12(13-6-16-19(4)14(13)18-9)15(21)20-7-10(2)17-11(3)8-20/h5-6,10-11,17H,7-8H2,1-4H3. The summed E-state index contributed by atoms with van der Waals surface area (Å²) >= 11 is 0. The normalized spacial score (nSPS) is 22.8. The molecule has 112 valence electrons. The van der Waals surface area contributed by atoms with Gasteiger partial charge in [-0.2, -0.15) is 5.10 Å². The summed E-state index contributed by atoms with van der Waals surface area (Å²) in [4.78, 5) is 19.3. The number of aromatic nitrogens is 3. The maximum Gasteiger partial charge on any atom is 0.254 e. The Bertz CT molecular complexity index is 683. The number of rotatable bonds is 1. The van der Waals surface area contributed by atoms with E-state index in [0.29, 0.717) is 17.6 Å². The molecule has 0 saturated carbocycles. The van der Waals surface area contributed by atoms with Crippen LogP contribution in [0.2, 0.25) is 0 Å². The lowest BCUT2D eigenvalue weighted by Gasteiger charge is -2.36. The zero-order valence-electron chi connectivity index (χ0n) is 12.9.